The van der Waals surface area contributed by atoms with Gasteiger partial charge in [-0.05, 0) is 32.4 Å². The molecular formula is C9H11ClN2O. The first-order valence-electron chi connectivity index (χ1n) is 3.90. The molecule has 0 unspecified atom stereocenters. The van der Waals surface area contributed by atoms with Crippen LogP contribution in [0.2, 0.25) is 5.02 Å². The van der Waals surface area contributed by atoms with E-state index >= 15 is 0 Å². The zero-order valence-electron chi connectivity index (χ0n) is 7.84. The molecule has 1 heterocycles. The van der Waals surface area contributed by atoms with Gasteiger partial charge in [-0.2, -0.15) is 0 Å². The van der Waals surface area contributed by atoms with Crippen molar-refractivity contribution in [1.82, 2.24) is 4.98 Å². The number of pyridine rings is 1. The number of aromatic nitrogens is 1. The fourth-order valence-corrected chi connectivity index (χ4v) is 0.978. The second-order valence-corrected chi connectivity index (χ2v) is 3.34. The molecule has 3 nitrogen and oxygen atoms in total. The molecule has 0 aliphatic rings. The number of hydrogen-bond donors (Lipinski definition) is 0. The second kappa shape index (κ2) is 4.23. The summed E-state index contributed by atoms with van der Waals surface area (Å²) in [6, 6.07) is 1.78. The highest BCUT2D eigenvalue weighted by atomic mass is 35.5. The maximum absolute atomic E-state index is 5.86. The Morgan fingerprint density at radius 3 is 2.77 bits per heavy atom. The standard InChI is InChI=1S/C9H11ClN2O/c1-6(2)12-13-9-8(10)4-7(3)5-11-9/h4-5H,1-3H3. The van der Waals surface area contributed by atoms with Crippen LogP contribution in [0.4, 0.5) is 0 Å². The molecule has 13 heavy (non-hydrogen) atoms. The van der Waals surface area contributed by atoms with Crippen molar-refractivity contribution >= 4 is 17.3 Å². The highest BCUT2D eigenvalue weighted by Crippen LogP contribution is 2.21. The first-order chi connectivity index (χ1) is 6.09. The molecule has 0 N–H and O–H groups in total. The topological polar surface area (TPSA) is 34.5 Å². The quantitative estimate of drug-likeness (QED) is 0.541. The van der Waals surface area contributed by atoms with E-state index in [-0.39, 0.29) is 0 Å². The zero-order chi connectivity index (χ0) is 9.84. The summed E-state index contributed by atoms with van der Waals surface area (Å²) >= 11 is 5.86. The summed E-state index contributed by atoms with van der Waals surface area (Å²) in [6.45, 7) is 5.58. The van der Waals surface area contributed by atoms with Crippen molar-refractivity contribution in [3.63, 3.8) is 0 Å². The monoisotopic (exact) mass is 198 g/mol. The summed E-state index contributed by atoms with van der Waals surface area (Å²) < 4.78 is 0. The molecule has 0 aromatic carbocycles. The lowest BCUT2D eigenvalue weighted by atomic mass is 10.3. The van der Waals surface area contributed by atoms with Gasteiger partial charge in [0.05, 0.1) is 5.71 Å². The van der Waals surface area contributed by atoms with Crippen molar-refractivity contribution in [2.24, 2.45) is 5.16 Å². The number of aryl methyl sites for hydroxylation is 1. The molecule has 0 aliphatic heterocycles. The first-order valence-corrected chi connectivity index (χ1v) is 4.28. The van der Waals surface area contributed by atoms with Crippen molar-refractivity contribution < 1.29 is 4.84 Å². The average Bonchev–Trinajstić information content (AvgIpc) is 2.02. The van der Waals surface area contributed by atoms with Gasteiger partial charge in [-0.15, -0.1) is 0 Å². The highest BCUT2D eigenvalue weighted by molar-refractivity contribution is 6.31. The minimum absolute atomic E-state index is 0.341. The van der Waals surface area contributed by atoms with Crippen molar-refractivity contribution in [2.45, 2.75) is 20.8 Å². The maximum atomic E-state index is 5.86. The van der Waals surface area contributed by atoms with Gasteiger partial charge in [0.25, 0.3) is 5.88 Å². The first kappa shape index (κ1) is 9.99. The van der Waals surface area contributed by atoms with Crippen LogP contribution in [0.1, 0.15) is 19.4 Å². The molecule has 0 bridgehead atoms. The Kier molecular flexibility index (Phi) is 3.25. The van der Waals surface area contributed by atoms with Gasteiger partial charge in [-0.1, -0.05) is 16.8 Å². The molecule has 0 fully saturated rings. The second-order valence-electron chi connectivity index (χ2n) is 2.93. The van der Waals surface area contributed by atoms with E-state index in [4.69, 9.17) is 16.4 Å². The molecule has 0 aliphatic carbocycles. The van der Waals surface area contributed by atoms with E-state index in [1.807, 2.05) is 20.8 Å². The largest absolute Gasteiger partial charge is 0.335 e. The van der Waals surface area contributed by atoms with Crippen LogP contribution >= 0.6 is 11.6 Å². The summed E-state index contributed by atoms with van der Waals surface area (Å²) in [5.41, 5.74) is 1.81. The smallest absolute Gasteiger partial charge is 0.267 e. The summed E-state index contributed by atoms with van der Waals surface area (Å²) in [7, 11) is 0. The van der Waals surface area contributed by atoms with E-state index in [1.165, 1.54) is 0 Å². The molecule has 0 radical (unpaired) electrons. The van der Waals surface area contributed by atoms with E-state index in [1.54, 1.807) is 12.3 Å². The molecular weight excluding hydrogens is 188 g/mol. The van der Waals surface area contributed by atoms with Crippen molar-refractivity contribution in [3.8, 4) is 5.88 Å². The van der Waals surface area contributed by atoms with Crippen molar-refractivity contribution in [1.29, 1.82) is 0 Å². The highest BCUT2D eigenvalue weighted by Gasteiger charge is 2.02. The van der Waals surface area contributed by atoms with Crippen molar-refractivity contribution in [2.75, 3.05) is 0 Å². The third-order valence-corrected chi connectivity index (χ3v) is 1.53. The van der Waals surface area contributed by atoms with Crippen LogP contribution in [-0.4, -0.2) is 10.7 Å². The van der Waals surface area contributed by atoms with Gasteiger partial charge >= 0.3 is 0 Å². The van der Waals surface area contributed by atoms with Crippen LogP contribution in [0.3, 0.4) is 0 Å². The average molecular weight is 199 g/mol. The zero-order valence-corrected chi connectivity index (χ0v) is 8.59. The molecule has 1 aromatic heterocycles. The predicted molar refractivity (Wildman–Crippen MR) is 53.4 cm³/mol. The molecule has 0 atom stereocenters. The van der Waals surface area contributed by atoms with Crippen LogP contribution in [0.25, 0.3) is 0 Å². The Bertz CT molecular complexity index is 332. The molecule has 1 rings (SSSR count). The van der Waals surface area contributed by atoms with E-state index in [0.29, 0.717) is 10.9 Å². The van der Waals surface area contributed by atoms with E-state index in [2.05, 4.69) is 10.1 Å². The van der Waals surface area contributed by atoms with Gasteiger partial charge in [0, 0.05) is 6.20 Å². The number of hydrogen-bond acceptors (Lipinski definition) is 3. The minimum Gasteiger partial charge on any atom is -0.335 e. The van der Waals surface area contributed by atoms with Gasteiger partial charge in [-0.3, -0.25) is 0 Å². The molecule has 70 valence electrons. The molecule has 0 saturated carbocycles. The fourth-order valence-electron chi connectivity index (χ4n) is 0.723. The van der Waals surface area contributed by atoms with Crippen LogP contribution in [-0.2, 0) is 0 Å². The fraction of sp³-hybridized carbons (Fsp3) is 0.333. The van der Waals surface area contributed by atoms with Gasteiger partial charge < -0.3 is 4.84 Å². The summed E-state index contributed by atoms with van der Waals surface area (Å²) in [6.07, 6.45) is 1.68. The van der Waals surface area contributed by atoms with Gasteiger partial charge in [0.1, 0.15) is 5.02 Å². The number of nitrogens with zero attached hydrogens (tertiary/aromatic N) is 2. The predicted octanol–water partition coefficient (Wildman–Crippen LogP) is 2.82. The van der Waals surface area contributed by atoms with Crippen molar-refractivity contribution in [3.05, 3.63) is 22.8 Å². The lowest BCUT2D eigenvalue weighted by Crippen LogP contribution is -1.92. The van der Waals surface area contributed by atoms with Gasteiger partial charge in [0.2, 0.25) is 0 Å². The number of halogens is 1. The molecule has 1 aromatic rings. The Balaban J connectivity index is 2.84. The third kappa shape index (κ3) is 3.03. The third-order valence-electron chi connectivity index (χ3n) is 1.26. The SMILES string of the molecule is CC(C)=NOc1ncc(C)cc1Cl. The minimum atomic E-state index is 0.341. The van der Waals surface area contributed by atoms with E-state index in [0.717, 1.165) is 11.3 Å². The van der Waals surface area contributed by atoms with Crippen LogP contribution in [0.15, 0.2) is 17.4 Å². The molecule has 0 saturated heterocycles. The lowest BCUT2D eigenvalue weighted by Gasteiger charge is -2.00. The van der Waals surface area contributed by atoms with Crippen LogP contribution in [0.5, 0.6) is 5.88 Å². The number of rotatable bonds is 2. The van der Waals surface area contributed by atoms with E-state index in [9.17, 15) is 0 Å². The maximum Gasteiger partial charge on any atom is 0.267 e. The molecule has 0 spiro atoms. The van der Waals surface area contributed by atoms with Crippen LogP contribution in [0, 0.1) is 6.92 Å². The summed E-state index contributed by atoms with van der Waals surface area (Å²) in [4.78, 5) is 8.99. The van der Waals surface area contributed by atoms with Crippen LogP contribution < -0.4 is 4.84 Å². The Hall–Kier alpha value is -1.09. The molecule has 0 amide bonds. The molecule has 4 heteroatoms. The lowest BCUT2D eigenvalue weighted by molar-refractivity contribution is 0.327. The van der Waals surface area contributed by atoms with Gasteiger partial charge in [0.15, 0.2) is 0 Å². The Morgan fingerprint density at radius 1 is 1.54 bits per heavy atom. The Labute approximate surface area is 82.4 Å². The Morgan fingerprint density at radius 2 is 2.23 bits per heavy atom. The van der Waals surface area contributed by atoms with E-state index < -0.39 is 0 Å². The normalized spacial score (nSPS) is 9.54. The summed E-state index contributed by atoms with van der Waals surface area (Å²) in [5, 5.41) is 4.23. The summed E-state index contributed by atoms with van der Waals surface area (Å²) in [5.74, 6) is 0.341. The van der Waals surface area contributed by atoms with Gasteiger partial charge in [-0.25, -0.2) is 4.98 Å². The number of oxime groups is 1.